The lowest BCUT2D eigenvalue weighted by Crippen LogP contribution is -2.43. The number of sulfonamides is 1. The van der Waals surface area contributed by atoms with Crippen LogP contribution >= 0.6 is 11.6 Å². The molecule has 3 aromatic rings. The lowest BCUT2D eigenvalue weighted by atomic mass is 9.89. The molecule has 1 N–H and O–H groups in total. The number of carboxylic acids is 1. The number of aryl methyl sites for hydroxylation is 1. The van der Waals surface area contributed by atoms with Crippen LogP contribution < -0.4 is 0 Å². The third-order valence-corrected chi connectivity index (χ3v) is 8.05. The predicted molar refractivity (Wildman–Crippen MR) is 124 cm³/mol. The number of hydrogen-bond acceptors (Lipinski definition) is 3. The Bertz CT molecular complexity index is 1340. The second-order valence-electron chi connectivity index (χ2n) is 7.79. The number of halogens is 2. The molecule has 8 heteroatoms. The Labute approximate surface area is 196 Å². The van der Waals surface area contributed by atoms with Gasteiger partial charge in [-0.25, -0.2) is 17.6 Å². The van der Waals surface area contributed by atoms with Gasteiger partial charge in [0.2, 0.25) is 10.0 Å². The Morgan fingerprint density at radius 2 is 1.67 bits per heavy atom. The fraction of sp³-hybridized carbons (Fsp3) is 0.160. The van der Waals surface area contributed by atoms with Gasteiger partial charge in [-0.05, 0) is 48.7 Å². The van der Waals surface area contributed by atoms with Crippen molar-refractivity contribution >= 4 is 27.6 Å². The summed E-state index contributed by atoms with van der Waals surface area (Å²) in [6, 6.07) is 16.7. The van der Waals surface area contributed by atoms with Crippen molar-refractivity contribution in [2.45, 2.75) is 30.3 Å². The summed E-state index contributed by atoms with van der Waals surface area (Å²) in [6.07, 6.45) is 1.59. The third-order valence-electron chi connectivity index (χ3n) is 5.77. The van der Waals surface area contributed by atoms with Crippen LogP contribution in [0.15, 0.2) is 89.3 Å². The van der Waals surface area contributed by atoms with Crippen LogP contribution in [0, 0.1) is 12.7 Å². The summed E-state index contributed by atoms with van der Waals surface area (Å²) in [5, 5.41) is 10.4. The van der Waals surface area contributed by atoms with E-state index in [1.165, 1.54) is 30.3 Å². The molecule has 0 spiro atoms. The molecule has 0 bridgehead atoms. The Hall–Kier alpha value is -3.00. The molecule has 0 fully saturated rings. The van der Waals surface area contributed by atoms with E-state index in [0.29, 0.717) is 16.1 Å². The lowest BCUT2D eigenvalue weighted by molar-refractivity contribution is -0.133. The fourth-order valence-corrected chi connectivity index (χ4v) is 6.34. The van der Waals surface area contributed by atoms with Crippen molar-refractivity contribution < 1.29 is 22.7 Å². The van der Waals surface area contributed by atoms with E-state index in [1.54, 1.807) is 55.5 Å². The van der Waals surface area contributed by atoms with Gasteiger partial charge in [0.05, 0.1) is 22.6 Å². The molecule has 0 aliphatic carbocycles. The smallest absolute Gasteiger partial charge is 0.333 e. The second kappa shape index (κ2) is 9.09. The standard InChI is InChI=1S/C25H21ClFNO4S/c1-16-6-2-5-9-23(16)33(31,32)28-22(17-10-12-18(26)13-11-17)15-14-20(25(29)30)24(28)19-7-3-4-8-21(19)27/h2-14,22,24H,15H2,1H3,(H,29,30). The highest BCUT2D eigenvalue weighted by molar-refractivity contribution is 7.89. The van der Waals surface area contributed by atoms with Gasteiger partial charge in [0.25, 0.3) is 0 Å². The lowest BCUT2D eigenvalue weighted by Gasteiger charge is -2.41. The number of carboxylic acid groups (broad SMARTS) is 1. The van der Waals surface area contributed by atoms with E-state index < -0.39 is 33.9 Å². The summed E-state index contributed by atoms with van der Waals surface area (Å²) in [5.41, 5.74) is 0.911. The topological polar surface area (TPSA) is 74.7 Å². The van der Waals surface area contributed by atoms with Crippen molar-refractivity contribution in [3.63, 3.8) is 0 Å². The van der Waals surface area contributed by atoms with Crippen LogP contribution in [-0.2, 0) is 14.8 Å². The molecule has 170 valence electrons. The first-order valence-electron chi connectivity index (χ1n) is 10.2. The summed E-state index contributed by atoms with van der Waals surface area (Å²) < 4.78 is 44.3. The fourth-order valence-electron chi connectivity index (χ4n) is 4.21. The van der Waals surface area contributed by atoms with Gasteiger partial charge in [-0.15, -0.1) is 0 Å². The molecule has 0 aromatic heterocycles. The number of nitrogens with zero attached hydrogens (tertiary/aromatic N) is 1. The molecule has 1 aliphatic rings. The first kappa shape index (κ1) is 23.2. The van der Waals surface area contributed by atoms with Crippen LogP contribution in [0.5, 0.6) is 0 Å². The molecule has 33 heavy (non-hydrogen) atoms. The van der Waals surface area contributed by atoms with E-state index in [1.807, 2.05) is 0 Å². The molecule has 1 aliphatic heterocycles. The van der Waals surface area contributed by atoms with Crippen molar-refractivity contribution in [1.82, 2.24) is 4.31 Å². The van der Waals surface area contributed by atoms with Crippen molar-refractivity contribution in [1.29, 1.82) is 0 Å². The third kappa shape index (κ3) is 4.31. The maximum atomic E-state index is 15.0. The molecule has 0 amide bonds. The van der Waals surface area contributed by atoms with Crippen molar-refractivity contribution in [3.8, 4) is 0 Å². The number of hydrogen-bond donors (Lipinski definition) is 1. The maximum Gasteiger partial charge on any atom is 0.333 e. The average Bonchev–Trinajstić information content (AvgIpc) is 2.79. The normalized spacial score (nSPS) is 19.2. The molecule has 2 unspecified atom stereocenters. The Morgan fingerprint density at radius 3 is 2.30 bits per heavy atom. The van der Waals surface area contributed by atoms with E-state index in [9.17, 15) is 22.7 Å². The highest BCUT2D eigenvalue weighted by Gasteiger charge is 2.45. The number of aliphatic carboxylic acids is 1. The zero-order valence-corrected chi connectivity index (χ0v) is 19.2. The molecule has 4 rings (SSSR count). The molecule has 0 radical (unpaired) electrons. The zero-order valence-electron chi connectivity index (χ0n) is 17.7. The first-order chi connectivity index (χ1) is 15.7. The highest BCUT2D eigenvalue weighted by Crippen LogP contribution is 2.46. The minimum absolute atomic E-state index is 0.0260. The predicted octanol–water partition coefficient (Wildman–Crippen LogP) is 5.68. The molecule has 1 heterocycles. The average molecular weight is 486 g/mol. The van der Waals surface area contributed by atoms with Gasteiger partial charge in [0.1, 0.15) is 5.82 Å². The Morgan fingerprint density at radius 1 is 1.03 bits per heavy atom. The van der Waals surface area contributed by atoms with Gasteiger partial charge in [0, 0.05) is 10.6 Å². The van der Waals surface area contributed by atoms with E-state index in [0.717, 1.165) is 4.31 Å². The van der Waals surface area contributed by atoms with Gasteiger partial charge in [-0.1, -0.05) is 66.2 Å². The van der Waals surface area contributed by atoms with Crippen LogP contribution in [0.4, 0.5) is 4.39 Å². The minimum atomic E-state index is -4.25. The summed E-state index contributed by atoms with van der Waals surface area (Å²) >= 11 is 6.03. The maximum absolute atomic E-state index is 15.0. The van der Waals surface area contributed by atoms with Crippen LogP contribution in [0.3, 0.4) is 0 Å². The van der Waals surface area contributed by atoms with E-state index in [2.05, 4.69) is 0 Å². The molecule has 2 atom stereocenters. The molecule has 0 saturated heterocycles. The van der Waals surface area contributed by atoms with Gasteiger partial charge < -0.3 is 5.11 Å². The van der Waals surface area contributed by atoms with Gasteiger partial charge >= 0.3 is 5.97 Å². The zero-order chi connectivity index (χ0) is 23.8. The number of carbonyl (C=O) groups is 1. The van der Waals surface area contributed by atoms with Crippen molar-refractivity contribution in [2.24, 2.45) is 0 Å². The largest absolute Gasteiger partial charge is 0.478 e. The van der Waals surface area contributed by atoms with Gasteiger partial charge in [-0.2, -0.15) is 4.31 Å². The monoisotopic (exact) mass is 485 g/mol. The summed E-state index contributed by atoms with van der Waals surface area (Å²) in [4.78, 5) is 12.2. The highest BCUT2D eigenvalue weighted by atomic mass is 35.5. The first-order valence-corrected chi connectivity index (χ1v) is 12.1. The van der Waals surface area contributed by atoms with Crippen LogP contribution in [-0.4, -0.2) is 23.8 Å². The second-order valence-corrected chi connectivity index (χ2v) is 10.0. The van der Waals surface area contributed by atoms with E-state index in [4.69, 9.17) is 11.6 Å². The van der Waals surface area contributed by atoms with Gasteiger partial charge in [0.15, 0.2) is 0 Å². The molecule has 0 saturated carbocycles. The summed E-state index contributed by atoms with van der Waals surface area (Å²) in [5.74, 6) is -1.99. The Kier molecular flexibility index (Phi) is 6.38. The Balaban J connectivity index is 2.01. The SMILES string of the molecule is Cc1ccccc1S(=O)(=O)N1C(c2ccc(Cl)cc2)CC=C(C(=O)O)C1c1ccccc1F. The van der Waals surface area contributed by atoms with Gasteiger partial charge in [-0.3, -0.25) is 0 Å². The molecular formula is C25H21ClFNO4S. The summed E-state index contributed by atoms with van der Waals surface area (Å²) in [7, 11) is -4.25. The van der Waals surface area contributed by atoms with E-state index in [-0.39, 0.29) is 22.5 Å². The molecule has 3 aromatic carbocycles. The van der Waals surface area contributed by atoms with Crippen LogP contribution in [0.25, 0.3) is 0 Å². The van der Waals surface area contributed by atoms with Crippen molar-refractivity contribution in [2.75, 3.05) is 0 Å². The van der Waals surface area contributed by atoms with Crippen LogP contribution in [0.1, 0.15) is 35.2 Å². The summed E-state index contributed by atoms with van der Waals surface area (Å²) in [6.45, 7) is 1.67. The number of rotatable bonds is 5. The molecular weight excluding hydrogens is 465 g/mol. The minimum Gasteiger partial charge on any atom is -0.478 e. The van der Waals surface area contributed by atoms with Crippen molar-refractivity contribution in [3.05, 3.63) is 112 Å². The quantitative estimate of drug-likeness (QED) is 0.505. The van der Waals surface area contributed by atoms with E-state index >= 15 is 0 Å². The molecule has 5 nitrogen and oxygen atoms in total. The number of benzene rings is 3. The van der Waals surface area contributed by atoms with Crippen LogP contribution in [0.2, 0.25) is 5.02 Å².